The SMILES string of the molecule is CCC(C)[C@H](N)c1nc(-c2ccncc2)no1. The molecule has 5 nitrogen and oxygen atoms in total. The molecule has 2 aromatic rings. The molecule has 2 aromatic heterocycles. The number of nitrogens with zero attached hydrogens (tertiary/aromatic N) is 3. The van der Waals surface area contributed by atoms with Crippen LogP contribution in [0, 0.1) is 5.92 Å². The van der Waals surface area contributed by atoms with E-state index < -0.39 is 0 Å². The summed E-state index contributed by atoms with van der Waals surface area (Å²) >= 11 is 0. The first-order valence-corrected chi connectivity index (χ1v) is 5.72. The highest BCUT2D eigenvalue weighted by Gasteiger charge is 2.20. The second-order valence-electron chi connectivity index (χ2n) is 4.10. The van der Waals surface area contributed by atoms with Crippen LogP contribution in [-0.2, 0) is 0 Å². The van der Waals surface area contributed by atoms with Crippen molar-refractivity contribution in [2.45, 2.75) is 26.3 Å². The van der Waals surface area contributed by atoms with Gasteiger partial charge in [-0.2, -0.15) is 4.98 Å². The minimum Gasteiger partial charge on any atom is -0.337 e. The Labute approximate surface area is 100 Å². The van der Waals surface area contributed by atoms with E-state index in [1.165, 1.54) is 0 Å². The van der Waals surface area contributed by atoms with Crippen LogP contribution in [0.4, 0.5) is 0 Å². The monoisotopic (exact) mass is 232 g/mol. The summed E-state index contributed by atoms with van der Waals surface area (Å²) in [6.07, 6.45) is 4.37. The molecule has 0 fully saturated rings. The summed E-state index contributed by atoms with van der Waals surface area (Å²) in [5.74, 6) is 1.37. The predicted molar refractivity (Wildman–Crippen MR) is 63.9 cm³/mol. The van der Waals surface area contributed by atoms with Crippen LogP contribution >= 0.6 is 0 Å². The first kappa shape index (κ1) is 11.7. The van der Waals surface area contributed by atoms with Crippen LogP contribution in [-0.4, -0.2) is 15.1 Å². The van der Waals surface area contributed by atoms with Crippen molar-refractivity contribution in [2.75, 3.05) is 0 Å². The third kappa shape index (κ3) is 2.50. The molecule has 0 radical (unpaired) electrons. The van der Waals surface area contributed by atoms with Crippen molar-refractivity contribution in [3.63, 3.8) is 0 Å². The third-order valence-corrected chi connectivity index (χ3v) is 2.92. The third-order valence-electron chi connectivity index (χ3n) is 2.92. The molecule has 5 heteroatoms. The van der Waals surface area contributed by atoms with Gasteiger partial charge in [0.15, 0.2) is 0 Å². The number of hydrogen-bond donors (Lipinski definition) is 1. The maximum atomic E-state index is 6.03. The topological polar surface area (TPSA) is 77.8 Å². The normalized spacial score (nSPS) is 14.5. The van der Waals surface area contributed by atoms with E-state index in [0.717, 1.165) is 12.0 Å². The summed E-state index contributed by atoms with van der Waals surface area (Å²) in [5, 5.41) is 3.93. The van der Waals surface area contributed by atoms with Gasteiger partial charge in [0.25, 0.3) is 0 Å². The largest absolute Gasteiger partial charge is 0.337 e. The zero-order valence-corrected chi connectivity index (χ0v) is 10.00. The Morgan fingerprint density at radius 3 is 2.71 bits per heavy atom. The highest BCUT2D eigenvalue weighted by Crippen LogP contribution is 2.22. The summed E-state index contributed by atoms with van der Waals surface area (Å²) < 4.78 is 5.20. The van der Waals surface area contributed by atoms with Crippen molar-refractivity contribution in [1.82, 2.24) is 15.1 Å². The molecule has 2 rings (SSSR count). The van der Waals surface area contributed by atoms with Crippen LogP contribution in [0.3, 0.4) is 0 Å². The lowest BCUT2D eigenvalue weighted by atomic mass is 10.0. The van der Waals surface area contributed by atoms with Crippen molar-refractivity contribution in [3.05, 3.63) is 30.4 Å². The maximum absolute atomic E-state index is 6.03. The quantitative estimate of drug-likeness (QED) is 0.874. The average molecular weight is 232 g/mol. The van der Waals surface area contributed by atoms with E-state index in [2.05, 4.69) is 29.0 Å². The molecule has 2 atom stereocenters. The van der Waals surface area contributed by atoms with Crippen molar-refractivity contribution >= 4 is 0 Å². The summed E-state index contributed by atoms with van der Waals surface area (Å²) in [6, 6.07) is 3.47. The van der Waals surface area contributed by atoms with Gasteiger partial charge in [-0.15, -0.1) is 0 Å². The van der Waals surface area contributed by atoms with Crippen LogP contribution in [0.5, 0.6) is 0 Å². The molecule has 2 N–H and O–H groups in total. The average Bonchev–Trinajstić information content (AvgIpc) is 2.87. The van der Waals surface area contributed by atoms with Crippen LogP contribution in [0.25, 0.3) is 11.4 Å². The van der Waals surface area contributed by atoms with Gasteiger partial charge in [-0.1, -0.05) is 25.4 Å². The fourth-order valence-corrected chi connectivity index (χ4v) is 1.49. The molecule has 17 heavy (non-hydrogen) atoms. The molecule has 2 heterocycles. The molecular weight excluding hydrogens is 216 g/mol. The highest BCUT2D eigenvalue weighted by atomic mass is 16.5. The van der Waals surface area contributed by atoms with Crippen LogP contribution in [0.15, 0.2) is 29.0 Å². The summed E-state index contributed by atoms with van der Waals surface area (Å²) in [6.45, 7) is 4.16. The number of nitrogens with two attached hydrogens (primary N) is 1. The maximum Gasteiger partial charge on any atom is 0.244 e. The van der Waals surface area contributed by atoms with E-state index >= 15 is 0 Å². The van der Waals surface area contributed by atoms with Gasteiger partial charge >= 0.3 is 0 Å². The number of aromatic nitrogens is 3. The van der Waals surface area contributed by atoms with Crippen molar-refractivity contribution < 1.29 is 4.52 Å². The van der Waals surface area contributed by atoms with Gasteiger partial charge in [0, 0.05) is 18.0 Å². The van der Waals surface area contributed by atoms with Gasteiger partial charge in [0.05, 0.1) is 6.04 Å². The molecule has 0 saturated heterocycles. The van der Waals surface area contributed by atoms with E-state index in [1.54, 1.807) is 12.4 Å². The Morgan fingerprint density at radius 1 is 1.35 bits per heavy atom. The molecule has 0 aromatic carbocycles. The van der Waals surface area contributed by atoms with Gasteiger partial charge in [0.1, 0.15) is 0 Å². The minimum absolute atomic E-state index is 0.205. The Hall–Kier alpha value is -1.75. The van der Waals surface area contributed by atoms with Gasteiger partial charge in [-0.25, -0.2) is 0 Å². The van der Waals surface area contributed by atoms with E-state index in [0.29, 0.717) is 17.6 Å². The zero-order valence-electron chi connectivity index (χ0n) is 10.00. The summed E-state index contributed by atoms with van der Waals surface area (Å²) in [7, 11) is 0. The molecule has 0 amide bonds. The first-order chi connectivity index (χ1) is 8.22. The summed E-state index contributed by atoms with van der Waals surface area (Å²) in [5.41, 5.74) is 6.91. The van der Waals surface area contributed by atoms with E-state index in [9.17, 15) is 0 Å². The fourth-order valence-electron chi connectivity index (χ4n) is 1.49. The minimum atomic E-state index is -0.205. The van der Waals surface area contributed by atoms with Gasteiger partial charge < -0.3 is 10.3 Å². The second-order valence-corrected chi connectivity index (χ2v) is 4.10. The molecule has 0 aliphatic heterocycles. The first-order valence-electron chi connectivity index (χ1n) is 5.72. The van der Waals surface area contributed by atoms with E-state index in [4.69, 9.17) is 10.3 Å². The Balaban J connectivity index is 2.22. The molecule has 0 saturated carbocycles. The molecule has 0 bridgehead atoms. The fraction of sp³-hybridized carbons (Fsp3) is 0.417. The summed E-state index contributed by atoms with van der Waals surface area (Å²) in [4.78, 5) is 8.26. The number of hydrogen-bond acceptors (Lipinski definition) is 5. The van der Waals surface area contributed by atoms with Crippen LogP contribution < -0.4 is 5.73 Å². The smallest absolute Gasteiger partial charge is 0.244 e. The lowest BCUT2D eigenvalue weighted by molar-refractivity contribution is 0.312. The Bertz CT molecular complexity index is 468. The number of pyridine rings is 1. The zero-order chi connectivity index (χ0) is 12.3. The molecule has 90 valence electrons. The van der Waals surface area contributed by atoms with E-state index in [1.807, 2.05) is 12.1 Å². The Morgan fingerprint density at radius 2 is 2.06 bits per heavy atom. The van der Waals surface area contributed by atoms with Gasteiger partial charge in [-0.05, 0) is 18.1 Å². The molecular formula is C12H16N4O. The second kappa shape index (κ2) is 5.05. The van der Waals surface area contributed by atoms with E-state index in [-0.39, 0.29) is 6.04 Å². The molecule has 0 spiro atoms. The standard InChI is InChI=1S/C12H16N4O/c1-3-8(2)10(13)12-15-11(16-17-12)9-4-6-14-7-5-9/h4-8,10H,3,13H2,1-2H3/t8?,10-/m0/s1. The van der Waals surface area contributed by atoms with Crippen molar-refractivity contribution in [1.29, 1.82) is 0 Å². The molecule has 1 unspecified atom stereocenters. The molecule has 0 aliphatic rings. The van der Waals surface area contributed by atoms with Crippen LogP contribution in [0.2, 0.25) is 0 Å². The highest BCUT2D eigenvalue weighted by molar-refractivity contribution is 5.52. The lowest BCUT2D eigenvalue weighted by Crippen LogP contribution is -2.18. The van der Waals surface area contributed by atoms with Gasteiger partial charge in [0.2, 0.25) is 11.7 Å². The molecule has 0 aliphatic carbocycles. The van der Waals surface area contributed by atoms with Crippen LogP contribution in [0.1, 0.15) is 32.2 Å². The van der Waals surface area contributed by atoms with Gasteiger partial charge in [-0.3, -0.25) is 4.98 Å². The Kier molecular flexibility index (Phi) is 3.49. The number of rotatable bonds is 4. The predicted octanol–water partition coefficient (Wildman–Crippen LogP) is 2.18. The van der Waals surface area contributed by atoms with Crippen molar-refractivity contribution in [3.8, 4) is 11.4 Å². The lowest BCUT2D eigenvalue weighted by Gasteiger charge is -2.12. The van der Waals surface area contributed by atoms with Crippen molar-refractivity contribution in [2.24, 2.45) is 11.7 Å².